The fraction of sp³-hybridized carbons (Fsp3) is 0.294. The smallest absolute Gasteiger partial charge is 0.223 e. The number of hydrogen-bond acceptors (Lipinski definition) is 5. The first-order valence-electron chi connectivity index (χ1n) is 8.00. The molecule has 0 radical (unpaired) electrons. The summed E-state index contributed by atoms with van der Waals surface area (Å²) in [6, 6.07) is 6.81. The van der Waals surface area contributed by atoms with Gasteiger partial charge in [-0.15, -0.1) is 11.3 Å². The molecule has 1 N–H and O–H groups in total. The third kappa shape index (κ3) is 4.15. The number of aryl methyl sites for hydroxylation is 3. The fourth-order valence-corrected chi connectivity index (χ4v) is 4.99. The lowest BCUT2D eigenvalue weighted by Gasteiger charge is -2.09. The molecule has 0 saturated heterocycles. The second-order valence-electron chi connectivity index (χ2n) is 6.02. The van der Waals surface area contributed by atoms with Crippen molar-refractivity contribution in [2.75, 3.05) is 6.54 Å². The SMILES string of the molecule is Cc1cc(C)n(-c2nc(CCNS(=O)(=O)c3cc(Cl)ccc3C)cs2)n1. The largest absolute Gasteiger partial charge is 0.240 e. The maximum atomic E-state index is 12.5. The van der Waals surface area contributed by atoms with Gasteiger partial charge in [0.05, 0.1) is 16.3 Å². The summed E-state index contributed by atoms with van der Waals surface area (Å²) < 4.78 is 29.3. The number of nitrogens with one attached hydrogen (secondary N) is 1. The number of halogens is 1. The molecular weight excluding hydrogens is 392 g/mol. The van der Waals surface area contributed by atoms with Gasteiger partial charge in [0.1, 0.15) is 0 Å². The average Bonchev–Trinajstić information content (AvgIpc) is 3.15. The molecular formula is C17H19ClN4O2S2. The lowest BCUT2D eigenvalue weighted by atomic mass is 10.2. The molecule has 0 bridgehead atoms. The Hall–Kier alpha value is -1.74. The lowest BCUT2D eigenvalue weighted by Crippen LogP contribution is -2.26. The molecule has 0 spiro atoms. The summed E-state index contributed by atoms with van der Waals surface area (Å²) in [6.07, 6.45) is 0.495. The fourth-order valence-electron chi connectivity index (χ4n) is 2.59. The maximum Gasteiger partial charge on any atom is 0.240 e. The Morgan fingerprint density at radius 2 is 2.00 bits per heavy atom. The lowest BCUT2D eigenvalue weighted by molar-refractivity contribution is 0.580. The average molecular weight is 411 g/mol. The van der Waals surface area contributed by atoms with E-state index in [1.165, 1.54) is 17.4 Å². The maximum absolute atomic E-state index is 12.5. The van der Waals surface area contributed by atoms with E-state index < -0.39 is 10.0 Å². The van der Waals surface area contributed by atoms with Crippen molar-refractivity contribution < 1.29 is 8.42 Å². The van der Waals surface area contributed by atoms with Crippen molar-refractivity contribution >= 4 is 33.0 Å². The van der Waals surface area contributed by atoms with Crippen molar-refractivity contribution in [2.24, 2.45) is 0 Å². The minimum Gasteiger partial charge on any atom is -0.223 e. The van der Waals surface area contributed by atoms with Crippen molar-refractivity contribution in [1.29, 1.82) is 0 Å². The number of benzene rings is 1. The van der Waals surface area contributed by atoms with Gasteiger partial charge in [0.25, 0.3) is 0 Å². The summed E-state index contributed by atoms with van der Waals surface area (Å²) in [4.78, 5) is 4.74. The highest BCUT2D eigenvalue weighted by Crippen LogP contribution is 2.20. The first-order chi connectivity index (χ1) is 12.3. The zero-order valence-corrected chi connectivity index (χ0v) is 17.0. The molecule has 0 unspecified atom stereocenters. The molecule has 2 heterocycles. The molecule has 0 aliphatic rings. The highest BCUT2D eigenvalue weighted by atomic mass is 35.5. The Kier molecular flexibility index (Phi) is 5.47. The summed E-state index contributed by atoms with van der Waals surface area (Å²) >= 11 is 7.40. The Balaban J connectivity index is 1.67. The van der Waals surface area contributed by atoms with E-state index in [1.54, 1.807) is 23.7 Å². The second-order valence-corrected chi connectivity index (χ2v) is 9.03. The van der Waals surface area contributed by atoms with Gasteiger partial charge in [-0.2, -0.15) is 5.10 Å². The van der Waals surface area contributed by atoms with E-state index >= 15 is 0 Å². The normalized spacial score (nSPS) is 11.8. The molecule has 2 aromatic heterocycles. The monoisotopic (exact) mass is 410 g/mol. The third-order valence-corrected chi connectivity index (χ3v) is 6.55. The molecule has 0 amide bonds. The highest BCUT2D eigenvalue weighted by molar-refractivity contribution is 7.89. The molecule has 0 saturated carbocycles. The topological polar surface area (TPSA) is 76.9 Å². The van der Waals surface area contributed by atoms with Crippen molar-refractivity contribution in [2.45, 2.75) is 32.1 Å². The predicted octanol–water partition coefficient (Wildman–Crippen LogP) is 3.43. The number of nitrogens with zero attached hydrogens (tertiary/aromatic N) is 3. The summed E-state index contributed by atoms with van der Waals surface area (Å²) in [7, 11) is -3.61. The van der Waals surface area contributed by atoms with Crippen LogP contribution in [0.15, 0.2) is 34.5 Å². The molecule has 26 heavy (non-hydrogen) atoms. The van der Waals surface area contributed by atoms with Crippen LogP contribution in [0.25, 0.3) is 5.13 Å². The molecule has 0 aliphatic heterocycles. The number of aromatic nitrogens is 3. The van der Waals surface area contributed by atoms with Crippen LogP contribution < -0.4 is 4.72 Å². The van der Waals surface area contributed by atoms with Gasteiger partial charge in [-0.1, -0.05) is 17.7 Å². The van der Waals surface area contributed by atoms with Crippen LogP contribution in [0.2, 0.25) is 5.02 Å². The van der Waals surface area contributed by atoms with Gasteiger partial charge >= 0.3 is 0 Å². The molecule has 3 aromatic rings. The quantitative estimate of drug-likeness (QED) is 0.675. The van der Waals surface area contributed by atoms with Crippen LogP contribution in [0.5, 0.6) is 0 Å². The molecule has 0 fully saturated rings. The standard InChI is InChI=1S/C17H19ClN4O2S2/c1-11-4-5-14(18)9-16(11)26(23,24)19-7-6-15-10-25-17(20-15)22-13(3)8-12(2)21-22/h4-5,8-10,19H,6-7H2,1-3H3. The van der Waals surface area contributed by atoms with Crippen LogP contribution in [0.4, 0.5) is 0 Å². The number of rotatable bonds is 6. The Morgan fingerprint density at radius 1 is 1.23 bits per heavy atom. The second kappa shape index (κ2) is 7.48. The van der Waals surface area contributed by atoms with Gasteiger partial charge < -0.3 is 0 Å². The Morgan fingerprint density at radius 3 is 2.69 bits per heavy atom. The molecule has 3 rings (SSSR count). The van der Waals surface area contributed by atoms with Gasteiger partial charge in [-0.25, -0.2) is 22.8 Å². The van der Waals surface area contributed by atoms with Gasteiger partial charge in [0, 0.05) is 29.1 Å². The number of hydrogen-bond donors (Lipinski definition) is 1. The van der Waals surface area contributed by atoms with Gasteiger partial charge in [0.2, 0.25) is 15.2 Å². The van der Waals surface area contributed by atoms with Gasteiger partial charge in [-0.05, 0) is 44.5 Å². The highest BCUT2D eigenvalue weighted by Gasteiger charge is 2.17. The molecule has 9 heteroatoms. The van der Waals surface area contributed by atoms with Crippen LogP contribution in [-0.4, -0.2) is 29.7 Å². The van der Waals surface area contributed by atoms with Crippen molar-refractivity contribution in [3.05, 3.63) is 57.3 Å². The minimum absolute atomic E-state index is 0.201. The summed E-state index contributed by atoms with van der Waals surface area (Å²) in [5.41, 5.74) is 3.43. The minimum atomic E-state index is -3.61. The van der Waals surface area contributed by atoms with Gasteiger partial charge in [0.15, 0.2) is 0 Å². The Labute approximate surface area is 161 Å². The van der Waals surface area contributed by atoms with E-state index in [0.717, 1.165) is 22.2 Å². The first kappa shape index (κ1) is 19.0. The first-order valence-corrected chi connectivity index (χ1v) is 10.7. The van der Waals surface area contributed by atoms with Crippen molar-refractivity contribution in [1.82, 2.24) is 19.5 Å². The molecule has 138 valence electrons. The zero-order valence-electron chi connectivity index (χ0n) is 14.7. The number of thiazole rings is 1. The summed E-state index contributed by atoms with van der Waals surface area (Å²) in [6.45, 7) is 5.91. The van der Waals surface area contributed by atoms with Crippen LogP contribution >= 0.6 is 22.9 Å². The molecule has 6 nitrogen and oxygen atoms in total. The zero-order chi connectivity index (χ0) is 18.9. The van der Waals surface area contributed by atoms with E-state index in [-0.39, 0.29) is 11.4 Å². The molecule has 0 atom stereocenters. The van der Waals surface area contributed by atoms with E-state index in [9.17, 15) is 8.42 Å². The Bertz CT molecular complexity index is 1040. The number of sulfonamides is 1. The van der Waals surface area contributed by atoms with Crippen molar-refractivity contribution in [3.8, 4) is 5.13 Å². The van der Waals surface area contributed by atoms with Crippen LogP contribution in [0.1, 0.15) is 22.6 Å². The molecule has 1 aromatic carbocycles. The van der Waals surface area contributed by atoms with E-state index in [2.05, 4.69) is 14.8 Å². The third-order valence-electron chi connectivity index (χ3n) is 3.84. The van der Waals surface area contributed by atoms with E-state index in [4.69, 9.17) is 11.6 Å². The summed E-state index contributed by atoms with van der Waals surface area (Å²) in [5, 5.41) is 7.50. The van der Waals surface area contributed by atoms with E-state index in [0.29, 0.717) is 17.0 Å². The van der Waals surface area contributed by atoms with E-state index in [1.807, 2.05) is 25.3 Å². The molecule has 0 aliphatic carbocycles. The van der Waals surface area contributed by atoms with Crippen LogP contribution in [0, 0.1) is 20.8 Å². The van der Waals surface area contributed by atoms with Crippen LogP contribution in [-0.2, 0) is 16.4 Å². The predicted molar refractivity (Wildman–Crippen MR) is 104 cm³/mol. The van der Waals surface area contributed by atoms with Crippen molar-refractivity contribution in [3.63, 3.8) is 0 Å². The summed E-state index contributed by atoms with van der Waals surface area (Å²) in [5.74, 6) is 0. The van der Waals surface area contributed by atoms with Gasteiger partial charge in [-0.3, -0.25) is 0 Å². The van der Waals surface area contributed by atoms with Crippen LogP contribution in [0.3, 0.4) is 0 Å².